The van der Waals surface area contributed by atoms with E-state index in [0.717, 1.165) is 6.42 Å². The van der Waals surface area contributed by atoms with Crippen LogP contribution in [0.2, 0.25) is 0 Å². The Balaban J connectivity index is 2.07. The highest BCUT2D eigenvalue weighted by atomic mass is 14.6. The van der Waals surface area contributed by atoms with Crippen molar-refractivity contribution in [2.45, 2.75) is 59.4 Å². The van der Waals surface area contributed by atoms with Crippen molar-refractivity contribution in [3.8, 4) is 0 Å². The predicted octanol–water partition coefficient (Wildman–Crippen LogP) is 4.25. The van der Waals surface area contributed by atoms with E-state index in [2.05, 4.69) is 45.9 Å². The molecule has 0 heterocycles. The molecule has 2 N–H and O–H groups in total. The van der Waals surface area contributed by atoms with E-state index in [1.54, 1.807) is 0 Å². The van der Waals surface area contributed by atoms with Gasteiger partial charge in [0.15, 0.2) is 0 Å². The Labute approximate surface area is 112 Å². The first-order valence-electron chi connectivity index (χ1n) is 7.25. The molecule has 18 heavy (non-hydrogen) atoms. The predicted molar refractivity (Wildman–Crippen MR) is 78.6 cm³/mol. The Morgan fingerprint density at radius 1 is 1.17 bits per heavy atom. The maximum Gasteiger partial charge on any atom is 0.0297 e. The number of nitrogens with two attached hydrogens (primary N) is 1. The normalized spacial score (nSPS) is 18.5. The van der Waals surface area contributed by atoms with Gasteiger partial charge in [0.25, 0.3) is 0 Å². The van der Waals surface area contributed by atoms with Crippen molar-refractivity contribution in [2.75, 3.05) is 0 Å². The van der Waals surface area contributed by atoms with Crippen molar-refractivity contribution >= 4 is 0 Å². The first-order valence-corrected chi connectivity index (χ1v) is 7.25. The van der Waals surface area contributed by atoms with Gasteiger partial charge in [0.1, 0.15) is 0 Å². The lowest BCUT2D eigenvalue weighted by Gasteiger charge is -2.29. The second-order valence-electron chi connectivity index (χ2n) is 6.99. The van der Waals surface area contributed by atoms with E-state index in [9.17, 15) is 0 Å². The average molecular weight is 245 g/mol. The molecule has 0 saturated heterocycles. The average Bonchev–Trinajstić information content (AvgIpc) is 2.74. The van der Waals surface area contributed by atoms with Crippen LogP contribution >= 0.6 is 0 Å². The third-order valence-electron chi connectivity index (χ3n) is 4.64. The molecule has 2 rings (SSSR count). The molecular weight excluding hydrogens is 218 g/mol. The molecular formula is C17H27N. The van der Waals surface area contributed by atoms with Crippen LogP contribution in [0.25, 0.3) is 0 Å². The summed E-state index contributed by atoms with van der Waals surface area (Å²) in [4.78, 5) is 0. The van der Waals surface area contributed by atoms with Gasteiger partial charge in [-0.1, -0.05) is 45.9 Å². The number of aryl methyl sites for hydroxylation is 2. The molecule has 1 aromatic rings. The topological polar surface area (TPSA) is 26.0 Å². The maximum absolute atomic E-state index is 6.39. The molecule has 1 aliphatic rings. The van der Waals surface area contributed by atoms with Crippen LogP contribution in [-0.4, -0.2) is 0 Å². The van der Waals surface area contributed by atoms with Crippen LogP contribution in [0.15, 0.2) is 18.2 Å². The van der Waals surface area contributed by atoms with Crippen LogP contribution in [0.4, 0.5) is 0 Å². The van der Waals surface area contributed by atoms with Gasteiger partial charge in [0.05, 0.1) is 0 Å². The standard InChI is InChI=1S/C17H27N/c1-12(17(2,3)4)10-16(18)15-9-8-13-6-5-7-14(13)11-15/h8-9,11-12,16H,5-7,10,18H2,1-4H3. The van der Waals surface area contributed by atoms with Crippen LogP contribution in [0.1, 0.15) is 63.3 Å². The van der Waals surface area contributed by atoms with Crippen LogP contribution in [0.3, 0.4) is 0 Å². The van der Waals surface area contributed by atoms with Crippen LogP contribution < -0.4 is 5.73 Å². The zero-order valence-electron chi connectivity index (χ0n) is 12.3. The van der Waals surface area contributed by atoms with Gasteiger partial charge >= 0.3 is 0 Å². The third-order valence-corrected chi connectivity index (χ3v) is 4.64. The summed E-state index contributed by atoms with van der Waals surface area (Å²) in [6.07, 6.45) is 4.88. The number of rotatable bonds is 3. The van der Waals surface area contributed by atoms with Crippen LogP contribution in [-0.2, 0) is 12.8 Å². The van der Waals surface area contributed by atoms with Gasteiger partial charge in [-0.05, 0) is 53.7 Å². The molecule has 100 valence electrons. The van der Waals surface area contributed by atoms with Gasteiger partial charge in [-0.15, -0.1) is 0 Å². The van der Waals surface area contributed by atoms with Crippen molar-refractivity contribution in [2.24, 2.45) is 17.1 Å². The number of hydrogen-bond acceptors (Lipinski definition) is 1. The molecule has 0 aliphatic heterocycles. The minimum absolute atomic E-state index is 0.185. The lowest BCUT2D eigenvalue weighted by molar-refractivity contribution is 0.234. The zero-order chi connectivity index (χ0) is 13.3. The van der Waals surface area contributed by atoms with Gasteiger partial charge < -0.3 is 5.73 Å². The van der Waals surface area contributed by atoms with E-state index in [-0.39, 0.29) is 6.04 Å². The third kappa shape index (κ3) is 2.95. The molecule has 0 radical (unpaired) electrons. The molecule has 1 nitrogen and oxygen atoms in total. The Morgan fingerprint density at radius 3 is 2.50 bits per heavy atom. The largest absolute Gasteiger partial charge is 0.324 e. The quantitative estimate of drug-likeness (QED) is 0.846. The molecule has 1 aliphatic carbocycles. The molecule has 0 aromatic heterocycles. The highest BCUT2D eigenvalue weighted by Crippen LogP contribution is 2.33. The molecule has 0 spiro atoms. The summed E-state index contributed by atoms with van der Waals surface area (Å²) in [5.74, 6) is 0.640. The Bertz CT molecular complexity index is 414. The fourth-order valence-corrected chi connectivity index (χ4v) is 2.69. The highest BCUT2D eigenvalue weighted by Gasteiger charge is 2.23. The summed E-state index contributed by atoms with van der Waals surface area (Å²) >= 11 is 0. The van der Waals surface area contributed by atoms with E-state index in [1.807, 2.05) is 0 Å². The van der Waals surface area contributed by atoms with Crippen LogP contribution in [0.5, 0.6) is 0 Å². The van der Waals surface area contributed by atoms with E-state index in [1.165, 1.54) is 36.0 Å². The van der Waals surface area contributed by atoms with E-state index in [0.29, 0.717) is 11.3 Å². The van der Waals surface area contributed by atoms with Gasteiger partial charge in [-0.25, -0.2) is 0 Å². The molecule has 0 amide bonds. The zero-order valence-corrected chi connectivity index (χ0v) is 12.3. The first kappa shape index (κ1) is 13.6. The van der Waals surface area contributed by atoms with Gasteiger partial charge in [-0.3, -0.25) is 0 Å². The number of hydrogen-bond donors (Lipinski definition) is 1. The minimum atomic E-state index is 0.185. The number of fused-ring (bicyclic) bond motifs is 1. The lowest BCUT2D eigenvalue weighted by atomic mass is 9.77. The SMILES string of the molecule is CC(CC(N)c1ccc2c(c1)CCC2)C(C)(C)C. The summed E-state index contributed by atoms with van der Waals surface area (Å²) < 4.78 is 0. The minimum Gasteiger partial charge on any atom is -0.324 e. The Hall–Kier alpha value is -0.820. The van der Waals surface area contributed by atoms with E-state index in [4.69, 9.17) is 5.73 Å². The molecule has 0 fully saturated rings. The molecule has 0 saturated carbocycles. The fourth-order valence-electron chi connectivity index (χ4n) is 2.69. The number of benzene rings is 1. The molecule has 2 atom stereocenters. The van der Waals surface area contributed by atoms with Crippen molar-refractivity contribution in [1.29, 1.82) is 0 Å². The van der Waals surface area contributed by atoms with Crippen molar-refractivity contribution in [1.82, 2.24) is 0 Å². The highest BCUT2D eigenvalue weighted by molar-refractivity contribution is 5.36. The molecule has 1 heteroatoms. The summed E-state index contributed by atoms with van der Waals surface area (Å²) in [5, 5.41) is 0. The van der Waals surface area contributed by atoms with Crippen molar-refractivity contribution in [3.05, 3.63) is 34.9 Å². The van der Waals surface area contributed by atoms with Crippen molar-refractivity contribution in [3.63, 3.8) is 0 Å². The maximum atomic E-state index is 6.39. The smallest absolute Gasteiger partial charge is 0.0297 e. The van der Waals surface area contributed by atoms with E-state index >= 15 is 0 Å². The fraction of sp³-hybridized carbons (Fsp3) is 0.647. The molecule has 2 unspecified atom stereocenters. The van der Waals surface area contributed by atoms with Gasteiger partial charge in [0, 0.05) is 6.04 Å². The molecule has 1 aromatic carbocycles. The Kier molecular flexibility index (Phi) is 3.82. The summed E-state index contributed by atoms with van der Waals surface area (Å²) in [6.45, 7) is 9.21. The summed E-state index contributed by atoms with van der Waals surface area (Å²) in [5.41, 5.74) is 11.1. The summed E-state index contributed by atoms with van der Waals surface area (Å²) in [6, 6.07) is 7.07. The monoisotopic (exact) mass is 245 g/mol. The lowest BCUT2D eigenvalue weighted by Crippen LogP contribution is -2.23. The van der Waals surface area contributed by atoms with Gasteiger partial charge in [0.2, 0.25) is 0 Å². The van der Waals surface area contributed by atoms with Crippen molar-refractivity contribution < 1.29 is 0 Å². The molecule has 0 bridgehead atoms. The second kappa shape index (κ2) is 5.05. The van der Waals surface area contributed by atoms with Crippen LogP contribution in [0, 0.1) is 11.3 Å². The van der Waals surface area contributed by atoms with E-state index < -0.39 is 0 Å². The second-order valence-corrected chi connectivity index (χ2v) is 6.99. The first-order chi connectivity index (χ1) is 8.38. The Morgan fingerprint density at radius 2 is 1.83 bits per heavy atom. The summed E-state index contributed by atoms with van der Waals surface area (Å²) in [7, 11) is 0. The van der Waals surface area contributed by atoms with Gasteiger partial charge in [-0.2, -0.15) is 0 Å².